The van der Waals surface area contributed by atoms with Gasteiger partial charge in [0.15, 0.2) is 0 Å². The molecule has 2 aliphatic heterocycles. The highest BCUT2D eigenvalue weighted by molar-refractivity contribution is 7.49. The van der Waals surface area contributed by atoms with Crippen molar-refractivity contribution in [3.63, 3.8) is 0 Å². The lowest BCUT2D eigenvalue weighted by molar-refractivity contribution is 0.0302. The Kier molecular flexibility index (Phi) is 6.53. The number of nitrogens with zero attached hydrogens (tertiary/aromatic N) is 1. The van der Waals surface area contributed by atoms with Crippen LogP contribution in [0.15, 0.2) is 78.9 Å². The number of hydrogen-bond acceptors (Lipinski definition) is 7. The topological polar surface area (TPSA) is 69.3 Å². The molecule has 0 bridgehead atoms. The van der Waals surface area contributed by atoms with Crippen molar-refractivity contribution in [2.45, 2.75) is 32.0 Å². The van der Waals surface area contributed by atoms with Gasteiger partial charge in [0.25, 0.3) is 0 Å². The van der Waals surface area contributed by atoms with Crippen molar-refractivity contribution in [2.75, 3.05) is 13.3 Å². The second-order valence-electron chi connectivity index (χ2n) is 8.10. The second-order valence-corrected chi connectivity index (χ2v) is 9.54. The van der Waals surface area contributed by atoms with Gasteiger partial charge in [0.1, 0.15) is 29.7 Å². The van der Waals surface area contributed by atoms with Crippen LogP contribution < -0.4 is 23.6 Å². The Morgan fingerprint density at radius 3 is 2.15 bits per heavy atom. The Morgan fingerprint density at radius 1 is 0.848 bits per heavy atom. The third-order valence-electron chi connectivity index (χ3n) is 5.65. The maximum absolute atomic E-state index is 13.7. The van der Waals surface area contributed by atoms with Crippen molar-refractivity contribution >= 4 is 7.82 Å². The van der Waals surface area contributed by atoms with E-state index in [4.69, 9.17) is 18.3 Å². The number of nitrogens with one attached hydrogen (secondary N) is 1. The van der Waals surface area contributed by atoms with E-state index < -0.39 is 7.82 Å². The lowest BCUT2D eigenvalue weighted by Crippen LogP contribution is -2.50. The van der Waals surface area contributed by atoms with E-state index >= 15 is 0 Å². The third-order valence-corrected chi connectivity index (χ3v) is 6.96. The van der Waals surface area contributed by atoms with E-state index in [2.05, 4.69) is 10.2 Å². The molecule has 0 aliphatic carbocycles. The van der Waals surface area contributed by atoms with Gasteiger partial charge in [0.05, 0.1) is 6.17 Å². The average Bonchev–Trinajstić information content (AvgIpc) is 2.85. The second kappa shape index (κ2) is 9.87. The van der Waals surface area contributed by atoms with Crippen molar-refractivity contribution in [1.82, 2.24) is 10.2 Å². The van der Waals surface area contributed by atoms with E-state index in [0.717, 1.165) is 24.3 Å². The fraction of sp³-hybridized carbons (Fsp3) is 0.280. The van der Waals surface area contributed by atoms with Gasteiger partial charge in [-0.1, -0.05) is 36.4 Å². The zero-order valence-corrected chi connectivity index (χ0v) is 19.2. The van der Waals surface area contributed by atoms with E-state index in [9.17, 15) is 4.57 Å². The highest BCUT2D eigenvalue weighted by atomic mass is 31.2. The highest BCUT2D eigenvalue weighted by Crippen LogP contribution is 2.50. The van der Waals surface area contributed by atoms with Crippen molar-refractivity contribution in [3.05, 3.63) is 84.4 Å². The van der Waals surface area contributed by atoms with Gasteiger partial charge in [-0.25, -0.2) is 0 Å². The number of fused-ring (bicyclic) bond motifs is 1. The summed E-state index contributed by atoms with van der Waals surface area (Å²) in [6, 6.07) is 23.1. The fourth-order valence-electron chi connectivity index (χ4n) is 4.05. The van der Waals surface area contributed by atoms with Crippen molar-refractivity contribution < 1.29 is 22.9 Å². The molecule has 3 aromatic rings. The predicted octanol–water partition coefficient (Wildman–Crippen LogP) is 5.58. The molecular formula is C25H27N2O5P. The third kappa shape index (κ3) is 5.50. The van der Waals surface area contributed by atoms with Crippen LogP contribution in [0, 0.1) is 0 Å². The van der Waals surface area contributed by atoms with Crippen LogP contribution in [0.5, 0.6) is 23.0 Å². The zero-order chi connectivity index (χ0) is 22.5. The molecule has 33 heavy (non-hydrogen) atoms. The van der Waals surface area contributed by atoms with Crippen LogP contribution in [0.25, 0.3) is 0 Å². The molecule has 1 saturated heterocycles. The molecule has 2 aliphatic rings. The molecule has 1 atom stereocenters. The summed E-state index contributed by atoms with van der Waals surface area (Å²) >= 11 is 0. The number of piperidine rings is 1. The first kappa shape index (κ1) is 21.8. The Labute approximate surface area is 193 Å². The average molecular weight is 466 g/mol. The lowest BCUT2D eigenvalue weighted by atomic mass is 10.1. The Hall–Kier alpha value is -2.99. The molecule has 1 fully saturated rings. The van der Waals surface area contributed by atoms with Crippen molar-refractivity contribution in [2.24, 2.45) is 0 Å². The zero-order valence-electron chi connectivity index (χ0n) is 18.3. The largest absolute Gasteiger partial charge is 0.647 e. The summed E-state index contributed by atoms with van der Waals surface area (Å²) in [6.45, 7) is 2.28. The minimum absolute atomic E-state index is 0.297. The first-order valence-corrected chi connectivity index (χ1v) is 12.7. The lowest BCUT2D eigenvalue weighted by Gasteiger charge is -2.37. The van der Waals surface area contributed by atoms with E-state index in [0.29, 0.717) is 36.7 Å². The minimum atomic E-state index is -4.03. The van der Waals surface area contributed by atoms with Gasteiger partial charge in [-0.3, -0.25) is 4.90 Å². The standard InChI is InChI=1S/C25H27N2O5P/c28-33(30-21-9-3-1-4-10-21,31-22-11-5-2-6-12-22)32-23-14-15-24-20(17-23)18-27(19-29-24)25-13-7-8-16-26-25/h1-6,9-12,14-15,17,25-26H,7-8,13,16,18-19H2. The summed E-state index contributed by atoms with van der Waals surface area (Å²) < 4.78 is 37.0. The quantitative estimate of drug-likeness (QED) is 0.456. The van der Waals surface area contributed by atoms with Crippen LogP contribution in [0.3, 0.4) is 0 Å². The molecule has 1 N–H and O–H groups in total. The summed E-state index contributed by atoms with van der Waals surface area (Å²) in [5, 5.41) is 3.56. The SMILES string of the molecule is O=P(Oc1ccccc1)(Oc1ccccc1)Oc1ccc2c(c1)CN(C1CCCCN1)CO2. The number of phosphoric ester groups is 1. The molecular weight excluding hydrogens is 439 g/mol. The number of hydrogen-bond donors (Lipinski definition) is 1. The van der Waals surface area contributed by atoms with Crippen LogP contribution in [0.1, 0.15) is 24.8 Å². The first-order valence-electron chi connectivity index (χ1n) is 11.2. The number of phosphoric acid groups is 1. The van der Waals surface area contributed by atoms with Crippen molar-refractivity contribution in [1.29, 1.82) is 0 Å². The van der Waals surface area contributed by atoms with Crippen LogP contribution in [-0.4, -0.2) is 24.3 Å². The van der Waals surface area contributed by atoms with Gasteiger partial charge in [-0.2, -0.15) is 4.57 Å². The molecule has 0 amide bonds. The van der Waals surface area contributed by atoms with Gasteiger partial charge in [0.2, 0.25) is 0 Å². The molecule has 0 spiro atoms. The van der Waals surface area contributed by atoms with Crippen LogP contribution in [0.4, 0.5) is 0 Å². The maximum Gasteiger partial charge on any atom is 0.647 e. The molecule has 1 unspecified atom stereocenters. The maximum atomic E-state index is 13.7. The number of benzene rings is 3. The summed E-state index contributed by atoms with van der Waals surface area (Å²) in [5.41, 5.74) is 0.970. The molecule has 0 aromatic heterocycles. The van der Waals surface area contributed by atoms with Gasteiger partial charge in [0, 0.05) is 12.1 Å². The molecule has 2 heterocycles. The fourth-order valence-corrected chi connectivity index (χ4v) is 5.29. The van der Waals surface area contributed by atoms with Gasteiger partial charge >= 0.3 is 7.82 Å². The molecule has 8 heteroatoms. The molecule has 7 nitrogen and oxygen atoms in total. The number of rotatable bonds is 7. The highest BCUT2D eigenvalue weighted by Gasteiger charge is 2.34. The predicted molar refractivity (Wildman–Crippen MR) is 125 cm³/mol. The Bertz CT molecular complexity index is 1060. The Morgan fingerprint density at radius 2 is 1.52 bits per heavy atom. The van der Waals surface area contributed by atoms with Gasteiger partial charge < -0.3 is 23.6 Å². The Balaban J connectivity index is 1.37. The molecule has 0 radical (unpaired) electrons. The molecule has 3 aromatic carbocycles. The van der Waals surface area contributed by atoms with E-state index in [-0.39, 0.29) is 0 Å². The van der Waals surface area contributed by atoms with Crippen LogP contribution >= 0.6 is 7.82 Å². The van der Waals surface area contributed by atoms with Crippen LogP contribution in [-0.2, 0) is 11.1 Å². The minimum Gasteiger partial charge on any atom is -0.478 e. The van der Waals surface area contributed by atoms with Gasteiger partial charge in [-0.15, -0.1) is 0 Å². The summed E-state index contributed by atoms with van der Waals surface area (Å²) in [4.78, 5) is 2.27. The van der Waals surface area contributed by atoms with Crippen molar-refractivity contribution in [3.8, 4) is 23.0 Å². The molecule has 0 saturated carbocycles. The normalized spacial score (nSPS) is 18.6. The number of ether oxygens (including phenoxy) is 1. The van der Waals surface area contributed by atoms with E-state index in [1.165, 1.54) is 12.8 Å². The monoisotopic (exact) mass is 466 g/mol. The number of para-hydroxylation sites is 2. The molecule has 172 valence electrons. The molecule has 5 rings (SSSR count). The van der Waals surface area contributed by atoms with E-state index in [1.54, 1.807) is 54.6 Å². The summed E-state index contributed by atoms with van der Waals surface area (Å²) in [6.07, 6.45) is 3.81. The van der Waals surface area contributed by atoms with Gasteiger partial charge in [-0.05, 0) is 68.3 Å². The smallest absolute Gasteiger partial charge is 0.478 e. The summed E-state index contributed by atoms with van der Waals surface area (Å²) in [7, 11) is -4.03. The van der Waals surface area contributed by atoms with E-state index in [1.807, 2.05) is 24.3 Å². The summed E-state index contributed by atoms with van der Waals surface area (Å²) in [5.74, 6) is 1.99. The first-order chi connectivity index (χ1) is 16.2. The van der Waals surface area contributed by atoms with Crippen LogP contribution in [0.2, 0.25) is 0 Å².